The normalized spacial score (nSPS) is 18.8. The molecule has 5 nitrogen and oxygen atoms in total. The molecule has 0 bridgehead atoms. The van der Waals surface area contributed by atoms with Crippen LogP contribution in [0.25, 0.3) is 0 Å². The number of ether oxygens (including phenoxy) is 2. The molecule has 0 radical (unpaired) electrons. The highest BCUT2D eigenvalue weighted by atomic mass is 16.5. The van der Waals surface area contributed by atoms with E-state index in [-0.39, 0.29) is 0 Å². The van der Waals surface area contributed by atoms with Crippen molar-refractivity contribution in [3.8, 4) is 17.2 Å². The molecule has 0 aromatic heterocycles. The predicted octanol–water partition coefficient (Wildman–Crippen LogP) is 6.81. The van der Waals surface area contributed by atoms with Crippen molar-refractivity contribution < 1.29 is 14.6 Å². The number of benzene rings is 3. The molecule has 1 atom stereocenters. The van der Waals surface area contributed by atoms with E-state index in [0.29, 0.717) is 17.1 Å². The van der Waals surface area contributed by atoms with Crippen molar-refractivity contribution in [2.45, 2.75) is 58.4 Å². The fourth-order valence-corrected chi connectivity index (χ4v) is 6.41. The average molecular weight is 529 g/mol. The van der Waals surface area contributed by atoms with E-state index in [1.165, 1.54) is 47.3 Å². The summed E-state index contributed by atoms with van der Waals surface area (Å²) >= 11 is 0. The molecule has 0 spiro atoms. The fourth-order valence-electron chi connectivity index (χ4n) is 6.41. The summed E-state index contributed by atoms with van der Waals surface area (Å²) in [6.45, 7) is 9.59. The van der Waals surface area contributed by atoms with Gasteiger partial charge in [0, 0.05) is 38.4 Å². The first kappa shape index (κ1) is 27.4. The first-order valence-corrected chi connectivity index (χ1v) is 14.4. The molecule has 0 saturated carbocycles. The van der Waals surface area contributed by atoms with Gasteiger partial charge in [0.05, 0.1) is 7.11 Å². The standard InChI is InChI=1S/C34H44N2O3/c1-34(2)16-5-17-36(24-34)18-19-39-30-12-6-25(7-13-30)23-35(3)33-22-31(38-4)14-15-32(33)28-9-8-27-21-29(37)11-10-26(27)20-28/h6-7,10-15,21-22,28,37H,5,8-9,16-20,23-24H2,1-4H3. The van der Waals surface area contributed by atoms with Crippen LogP contribution in [0.3, 0.4) is 0 Å². The maximum Gasteiger partial charge on any atom is 0.120 e. The highest BCUT2D eigenvalue weighted by Crippen LogP contribution is 2.40. The van der Waals surface area contributed by atoms with Crippen LogP contribution in [-0.2, 0) is 19.4 Å². The Morgan fingerprint density at radius 2 is 1.79 bits per heavy atom. The van der Waals surface area contributed by atoms with Crippen molar-refractivity contribution in [2.24, 2.45) is 5.41 Å². The molecule has 3 aromatic carbocycles. The molecule has 1 aliphatic heterocycles. The number of likely N-dealkylation sites (tertiary alicyclic amines) is 1. The molecule has 1 aliphatic carbocycles. The summed E-state index contributed by atoms with van der Waals surface area (Å²) in [5.74, 6) is 2.61. The molecule has 1 saturated heterocycles. The van der Waals surface area contributed by atoms with Gasteiger partial charge in [-0.1, -0.05) is 38.1 Å². The number of aryl methyl sites for hydroxylation is 1. The minimum absolute atomic E-state index is 0.361. The number of rotatable bonds is 9. The second-order valence-electron chi connectivity index (χ2n) is 12.2. The zero-order valence-electron chi connectivity index (χ0n) is 24.1. The molecule has 1 unspecified atom stereocenters. The summed E-state index contributed by atoms with van der Waals surface area (Å²) in [4.78, 5) is 4.87. The zero-order chi connectivity index (χ0) is 27.4. The van der Waals surface area contributed by atoms with E-state index >= 15 is 0 Å². The van der Waals surface area contributed by atoms with Gasteiger partial charge in [0.25, 0.3) is 0 Å². The number of anilines is 1. The first-order valence-electron chi connectivity index (χ1n) is 14.4. The van der Waals surface area contributed by atoms with Gasteiger partial charge in [-0.2, -0.15) is 0 Å². The van der Waals surface area contributed by atoms with Crippen molar-refractivity contribution in [2.75, 3.05) is 45.3 Å². The maximum absolute atomic E-state index is 9.89. The van der Waals surface area contributed by atoms with E-state index in [9.17, 15) is 5.11 Å². The Morgan fingerprint density at radius 3 is 2.56 bits per heavy atom. The van der Waals surface area contributed by atoms with Gasteiger partial charge in [0.15, 0.2) is 0 Å². The van der Waals surface area contributed by atoms with Gasteiger partial charge in [-0.15, -0.1) is 0 Å². The molecule has 1 fully saturated rings. The van der Waals surface area contributed by atoms with Crippen LogP contribution in [0.15, 0.2) is 60.7 Å². The molecule has 2 aliphatic rings. The van der Waals surface area contributed by atoms with E-state index in [2.05, 4.69) is 79.2 Å². The molecule has 1 heterocycles. The number of piperidine rings is 1. The molecule has 1 N–H and O–H groups in total. The lowest BCUT2D eigenvalue weighted by Crippen LogP contribution is -2.41. The Balaban J connectivity index is 1.22. The topological polar surface area (TPSA) is 45.2 Å². The molecule has 39 heavy (non-hydrogen) atoms. The monoisotopic (exact) mass is 528 g/mol. The number of methoxy groups -OCH3 is 1. The lowest BCUT2D eigenvalue weighted by Gasteiger charge is -2.37. The van der Waals surface area contributed by atoms with E-state index in [4.69, 9.17) is 9.47 Å². The van der Waals surface area contributed by atoms with Gasteiger partial charge < -0.3 is 19.5 Å². The first-order chi connectivity index (χ1) is 18.8. The van der Waals surface area contributed by atoms with Crippen LogP contribution in [0.4, 0.5) is 5.69 Å². The number of hydrogen-bond donors (Lipinski definition) is 1. The lowest BCUT2D eigenvalue weighted by atomic mass is 9.79. The van der Waals surface area contributed by atoms with Crippen LogP contribution in [-0.4, -0.2) is 50.4 Å². The van der Waals surface area contributed by atoms with Crippen LogP contribution in [0, 0.1) is 5.41 Å². The fraction of sp³-hybridized carbons (Fsp3) is 0.471. The number of fused-ring (bicyclic) bond motifs is 1. The molecular weight excluding hydrogens is 484 g/mol. The smallest absolute Gasteiger partial charge is 0.120 e. The van der Waals surface area contributed by atoms with Crippen molar-refractivity contribution >= 4 is 5.69 Å². The Morgan fingerprint density at radius 1 is 1.00 bits per heavy atom. The minimum Gasteiger partial charge on any atom is -0.508 e. The maximum atomic E-state index is 9.89. The van der Waals surface area contributed by atoms with Gasteiger partial charge in [-0.3, -0.25) is 4.90 Å². The predicted molar refractivity (Wildman–Crippen MR) is 159 cm³/mol. The van der Waals surface area contributed by atoms with Gasteiger partial charge in [0.1, 0.15) is 23.9 Å². The minimum atomic E-state index is 0.361. The number of phenols is 1. The van der Waals surface area contributed by atoms with Crippen LogP contribution >= 0.6 is 0 Å². The van der Waals surface area contributed by atoms with Gasteiger partial charge >= 0.3 is 0 Å². The summed E-state index contributed by atoms with van der Waals surface area (Å²) in [6, 6.07) is 20.9. The van der Waals surface area contributed by atoms with E-state index < -0.39 is 0 Å². The summed E-state index contributed by atoms with van der Waals surface area (Å²) in [6.07, 6.45) is 5.65. The Kier molecular flexibility index (Phi) is 8.37. The molecule has 208 valence electrons. The van der Waals surface area contributed by atoms with Crippen LogP contribution in [0.1, 0.15) is 61.3 Å². The van der Waals surface area contributed by atoms with Crippen molar-refractivity contribution in [3.63, 3.8) is 0 Å². The highest BCUT2D eigenvalue weighted by molar-refractivity contribution is 5.59. The second-order valence-corrected chi connectivity index (χ2v) is 12.2. The van der Waals surface area contributed by atoms with Gasteiger partial charge in [0.2, 0.25) is 0 Å². The van der Waals surface area contributed by atoms with E-state index in [0.717, 1.165) is 57.0 Å². The number of aromatic hydroxyl groups is 1. The molecule has 3 aromatic rings. The summed E-state index contributed by atoms with van der Waals surface area (Å²) in [5.41, 5.74) is 6.86. The van der Waals surface area contributed by atoms with E-state index in [1.807, 2.05) is 12.1 Å². The molecule has 0 amide bonds. The number of phenolic OH excluding ortho intramolecular Hbond substituents is 1. The van der Waals surface area contributed by atoms with Crippen molar-refractivity contribution in [1.29, 1.82) is 0 Å². The SMILES string of the molecule is COc1ccc(C2CCc3cc(O)ccc3C2)c(N(C)Cc2ccc(OCCN3CCCC(C)(C)C3)cc2)c1. The van der Waals surface area contributed by atoms with Crippen molar-refractivity contribution in [1.82, 2.24) is 4.90 Å². The van der Waals surface area contributed by atoms with Crippen LogP contribution in [0.2, 0.25) is 0 Å². The number of hydrogen-bond acceptors (Lipinski definition) is 5. The van der Waals surface area contributed by atoms with Crippen molar-refractivity contribution in [3.05, 3.63) is 82.9 Å². The third kappa shape index (κ3) is 6.88. The van der Waals surface area contributed by atoms with E-state index in [1.54, 1.807) is 7.11 Å². The molecular formula is C34H44N2O3. The van der Waals surface area contributed by atoms with Crippen LogP contribution in [0.5, 0.6) is 17.2 Å². The lowest BCUT2D eigenvalue weighted by molar-refractivity contribution is 0.102. The molecule has 5 heteroatoms. The Labute approximate surface area is 234 Å². The quantitative estimate of drug-likeness (QED) is 0.331. The third-order valence-electron chi connectivity index (χ3n) is 8.51. The Hall–Kier alpha value is -3.18. The highest BCUT2D eigenvalue weighted by Gasteiger charge is 2.26. The van der Waals surface area contributed by atoms with Gasteiger partial charge in [-0.05, 0) is 103 Å². The number of nitrogens with zero attached hydrogens (tertiary/aromatic N) is 2. The molecule has 5 rings (SSSR count). The van der Waals surface area contributed by atoms with Crippen LogP contribution < -0.4 is 14.4 Å². The summed E-state index contributed by atoms with van der Waals surface area (Å²) < 4.78 is 11.7. The largest absolute Gasteiger partial charge is 0.508 e. The second kappa shape index (κ2) is 11.9. The third-order valence-corrected chi connectivity index (χ3v) is 8.51. The zero-order valence-corrected chi connectivity index (χ0v) is 24.1. The summed E-state index contributed by atoms with van der Waals surface area (Å²) in [5, 5.41) is 9.89. The Bertz CT molecular complexity index is 1250. The van der Waals surface area contributed by atoms with Gasteiger partial charge in [-0.25, -0.2) is 0 Å². The average Bonchev–Trinajstić information content (AvgIpc) is 2.93. The summed E-state index contributed by atoms with van der Waals surface area (Å²) in [7, 11) is 3.89.